The van der Waals surface area contributed by atoms with E-state index in [1.54, 1.807) is 7.11 Å². The van der Waals surface area contributed by atoms with Gasteiger partial charge in [-0.1, -0.05) is 30.3 Å². The minimum absolute atomic E-state index is 0.132. The van der Waals surface area contributed by atoms with E-state index in [-0.39, 0.29) is 18.9 Å². The van der Waals surface area contributed by atoms with Gasteiger partial charge in [-0.2, -0.15) is 0 Å². The van der Waals surface area contributed by atoms with Crippen molar-refractivity contribution in [3.63, 3.8) is 0 Å². The summed E-state index contributed by atoms with van der Waals surface area (Å²) in [5.41, 5.74) is 2.75. The second-order valence-corrected chi connectivity index (χ2v) is 6.06. The molecule has 130 valence electrons. The van der Waals surface area contributed by atoms with Gasteiger partial charge in [-0.25, -0.2) is 0 Å². The number of fused-ring (bicyclic) bond motifs is 1. The first-order valence-corrected chi connectivity index (χ1v) is 8.20. The zero-order chi connectivity index (χ0) is 17.8. The number of methoxy groups -OCH3 is 1. The number of aromatic nitrogens is 1. The highest BCUT2D eigenvalue weighted by Crippen LogP contribution is 2.25. The van der Waals surface area contributed by atoms with Crippen molar-refractivity contribution in [1.29, 1.82) is 0 Å². The molecule has 3 aromatic rings. The lowest BCUT2D eigenvalue weighted by atomic mass is 10.1. The number of hydrogen-bond donors (Lipinski definition) is 2. The van der Waals surface area contributed by atoms with Crippen LogP contribution < -0.4 is 10.1 Å². The molecule has 2 aromatic carbocycles. The molecule has 0 aliphatic heterocycles. The Hall–Kier alpha value is -2.79. The molecule has 0 aliphatic carbocycles. The largest absolute Gasteiger partial charge is 0.497 e. The monoisotopic (exact) mass is 338 g/mol. The number of aryl methyl sites for hydroxylation is 1. The maximum absolute atomic E-state index is 12.1. The number of nitrogens with zero attached hydrogens (tertiary/aromatic N) is 1. The first kappa shape index (κ1) is 17.0. The highest BCUT2D eigenvalue weighted by molar-refractivity contribution is 5.84. The molecule has 0 saturated carbocycles. The smallest absolute Gasteiger partial charge is 0.224 e. The number of carbonyl (C=O) groups excluding carboxylic acids is 1. The van der Waals surface area contributed by atoms with Crippen LogP contribution in [0.1, 0.15) is 17.2 Å². The first-order chi connectivity index (χ1) is 12.1. The number of aliphatic hydroxyl groups excluding tert-OH is 1. The number of carbonyl (C=O) groups is 1. The van der Waals surface area contributed by atoms with Crippen LogP contribution in [0.5, 0.6) is 5.75 Å². The summed E-state index contributed by atoms with van der Waals surface area (Å²) in [7, 11) is 3.54. The van der Waals surface area contributed by atoms with Gasteiger partial charge in [0.15, 0.2) is 0 Å². The summed E-state index contributed by atoms with van der Waals surface area (Å²) in [6, 6.07) is 15.3. The predicted octanol–water partition coefficient (Wildman–Crippen LogP) is 2.58. The Labute approximate surface area is 146 Å². The summed E-state index contributed by atoms with van der Waals surface area (Å²) in [5, 5.41) is 14.3. The number of aliphatic hydroxyl groups is 1. The summed E-state index contributed by atoms with van der Waals surface area (Å²) >= 11 is 0. The standard InChI is InChI=1S/C20H22N2O3/c1-22-13-17(16-8-3-4-9-18(16)22)19(23)12-21-20(24)11-14-6-5-7-15(10-14)25-2/h3-10,13,19,23H,11-12H2,1-2H3,(H,21,24). The van der Waals surface area contributed by atoms with Crippen LogP contribution in [-0.4, -0.2) is 29.2 Å². The van der Waals surface area contributed by atoms with Gasteiger partial charge >= 0.3 is 0 Å². The summed E-state index contributed by atoms with van der Waals surface area (Å²) in [5.74, 6) is 0.591. The van der Waals surface area contributed by atoms with Crippen LogP contribution in [0.3, 0.4) is 0 Å². The Bertz CT molecular complexity index is 886. The molecule has 0 spiro atoms. The molecule has 0 radical (unpaired) electrons. The fourth-order valence-corrected chi connectivity index (χ4v) is 2.99. The van der Waals surface area contributed by atoms with Crippen molar-refractivity contribution in [3.8, 4) is 5.75 Å². The van der Waals surface area contributed by atoms with Crippen LogP contribution in [0.25, 0.3) is 10.9 Å². The molecule has 5 heteroatoms. The number of hydrogen-bond acceptors (Lipinski definition) is 3. The zero-order valence-corrected chi connectivity index (χ0v) is 14.4. The molecule has 1 unspecified atom stereocenters. The molecule has 1 atom stereocenters. The average molecular weight is 338 g/mol. The van der Waals surface area contributed by atoms with Crippen LogP contribution in [0.4, 0.5) is 0 Å². The molecular weight excluding hydrogens is 316 g/mol. The van der Waals surface area contributed by atoms with E-state index in [2.05, 4.69) is 5.32 Å². The van der Waals surface area contributed by atoms with Gasteiger partial charge in [0.25, 0.3) is 0 Å². The maximum atomic E-state index is 12.1. The minimum atomic E-state index is -0.750. The van der Waals surface area contributed by atoms with E-state index in [9.17, 15) is 9.90 Å². The third-order valence-electron chi connectivity index (χ3n) is 4.28. The number of amides is 1. The van der Waals surface area contributed by atoms with Gasteiger partial charge in [0.05, 0.1) is 19.6 Å². The van der Waals surface area contributed by atoms with Crippen molar-refractivity contribution >= 4 is 16.8 Å². The van der Waals surface area contributed by atoms with E-state index in [4.69, 9.17) is 4.74 Å². The topological polar surface area (TPSA) is 63.5 Å². The highest BCUT2D eigenvalue weighted by Gasteiger charge is 2.15. The van der Waals surface area contributed by atoms with E-state index in [0.717, 1.165) is 27.8 Å². The van der Waals surface area contributed by atoms with Crippen molar-refractivity contribution in [2.45, 2.75) is 12.5 Å². The van der Waals surface area contributed by atoms with Crippen LogP contribution in [0.2, 0.25) is 0 Å². The molecule has 1 amide bonds. The molecule has 1 heterocycles. The number of benzene rings is 2. The van der Waals surface area contributed by atoms with Gasteiger partial charge in [0.2, 0.25) is 5.91 Å². The lowest BCUT2D eigenvalue weighted by Crippen LogP contribution is -2.29. The van der Waals surface area contributed by atoms with Crippen molar-refractivity contribution in [2.75, 3.05) is 13.7 Å². The Morgan fingerprint density at radius 3 is 2.84 bits per heavy atom. The molecule has 3 rings (SSSR count). The highest BCUT2D eigenvalue weighted by atomic mass is 16.5. The SMILES string of the molecule is COc1cccc(CC(=O)NCC(O)c2cn(C)c3ccccc23)c1. The van der Waals surface area contributed by atoms with Crippen molar-refractivity contribution < 1.29 is 14.6 Å². The van der Waals surface area contributed by atoms with Gasteiger partial charge in [-0.15, -0.1) is 0 Å². The lowest BCUT2D eigenvalue weighted by molar-refractivity contribution is -0.120. The molecular formula is C20H22N2O3. The quantitative estimate of drug-likeness (QED) is 0.726. The Balaban J connectivity index is 1.63. The molecule has 0 bridgehead atoms. The van der Waals surface area contributed by atoms with E-state index in [0.29, 0.717) is 0 Å². The third kappa shape index (κ3) is 3.83. The number of rotatable bonds is 6. The van der Waals surface area contributed by atoms with Gasteiger partial charge in [0, 0.05) is 36.3 Å². The van der Waals surface area contributed by atoms with Crippen molar-refractivity contribution in [2.24, 2.45) is 7.05 Å². The van der Waals surface area contributed by atoms with Crippen LogP contribution in [0, 0.1) is 0 Å². The van der Waals surface area contributed by atoms with E-state index in [1.165, 1.54) is 0 Å². The Morgan fingerprint density at radius 2 is 2.04 bits per heavy atom. The molecule has 2 N–H and O–H groups in total. The summed E-state index contributed by atoms with van der Waals surface area (Å²) in [6.07, 6.45) is 1.41. The number of nitrogens with one attached hydrogen (secondary N) is 1. The number of para-hydroxylation sites is 1. The maximum Gasteiger partial charge on any atom is 0.224 e. The molecule has 5 nitrogen and oxygen atoms in total. The molecule has 1 aromatic heterocycles. The first-order valence-electron chi connectivity index (χ1n) is 8.20. The lowest BCUT2D eigenvalue weighted by Gasteiger charge is -2.12. The molecule has 25 heavy (non-hydrogen) atoms. The van der Waals surface area contributed by atoms with E-state index >= 15 is 0 Å². The predicted molar refractivity (Wildman–Crippen MR) is 97.6 cm³/mol. The van der Waals surface area contributed by atoms with E-state index in [1.807, 2.05) is 66.3 Å². The Kier molecular flexibility index (Phi) is 5.05. The minimum Gasteiger partial charge on any atom is -0.497 e. The van der Waals surface area contributed by atoms with Gasteiger partial charge < -0.3 is 19.7 Å². The van der Waals surface area contributed by atoms with Gasteiger partial charge in [0.1, 0.15) is 5.75 Å². The summed E-state index contributed by atoms with van der Waals surface area (Å²) in [4.78, 5) is 12.1. The van der Waals surface area contributed by atoms with Crippen molar-refractivity contribution in [1.82, 2.24) is 9.88 Å². The Morgan fingerprint density at radius 1 is 1.24 bits per heavy atom. The second-order valence-electron chi connectivity index (χ2n) is 6.06. The second kappa shape index (κ2) is 7.40. The van der Waals surface area contributed by atoms with E-state index < -0.39 is 6.10 Å². The average Bonchev–Trinajstić information content (AvgIpc) is 2.97. The molecule has 0 saturated heterocycles. The van der Waals surface area contributed by atoms with Crippen molar-refractivity contribution in [3.05, 3.63) is 65.9 Å². The summed E-state index contributed by atoms with van der Waals surface area (Å²) < 4.78 is 7.14. The normalized spacial score (nSPS) is 12.1. The van der Waals surface area contributed by atoms with Gasteiger partial charge in [-0.3, -0.25) is 4.79 Å². The number of ether oxygens (including phenoxy) is 1. The molecule has 0 aliphatic rings. The summed E-state index contributed by atoms with van der Waals surface area (Å²) in [6.45, 7) is 0.177. The third-order valence-corrected chi connectivity index (χ3v) is 4.28. The fourth-order valence-electron chi connectivity index (χ4n) is 2.99. The van der Waals surface area contributed by atoms with Crippen LogP contribution in [-0.2, 0) is 18.3 Å². The zero-order valence-electron chi connectivity index (χ0n) is 14.4. The molecule has 0 fully saturated rings. The fraction of sp³-hybridized carbons (Fsp3) is 0.250. The van der Waals surface area contributed by atoms with Crippen LogP contribution >= 0.6 is 0 Å². The van der Waals surface area contributed by atoms with Gasteiger partial charge in [-0.05, 0) is 23.8 Å². The van der Waals surface area contributed by atoms with Crippen LogP contribution in [0.15, 0.2) is 54.7 Å².